The standard InChI is InChI=1S/C9H13BrN4O2/c1-6(13-9(15)16-2)5-12-8-11-4-3-7(10)14-8/h3-4,6H,5H2,1-2H3,(H,13,15)(H,11,12,14)/t6-/m0/s1. The van der Waals surface area contributed by atoms with Gasteiger partial charge in [-0.15, -0.1) is 0 Å². The number of rotatable bonds is 4. The highest BCUT2D eigenvalue weighted by Crippen LogP contribution is 2.06. The van der Waals surface area contributed by atoms with E-state index in [-0.39, 0.29) is 6.04 Å². The number of aromatic nitrogens is 2. The van der Waals surface area contributed by atoms with Crippen molar-refractivity contribution in [3.63, 3.8) is 0 Å². The molecule has 0 saturated carbocycles. The van der Waals surface area contributed by atoms with Gasteiger partial charge in [-0.05, 0) is 28.9 Å². The summed E-state index contributed by atoms with van der Waals surface area (Å²) in [5.41, 5.74) is 0. The van der Waals surface area contributed by atoms with Gasteiger partial charge in [0, 0.05) is 18.8 Å². The van der Waals surface area contributed by atoms with Crippen molar-refractivity contribution in [3.05, 3.63) is 16.9 Å². The van der Waals surface area contributed by atoms with E-state index in [1.807, 2.05) is 6.92 Å². The van der Waals surface area contributed by atoms with Crippen molar-refractivity contribution in [2.45, 2.75) is 13.0 Å². The molecule has 16 heavy (non-hydrogen) atoms. The molecular formula is C9H13BrN4O2. The number of nitrogens with zero attached hydrogens (tertiary/aromatic N) is 2. The van der Waals surface area contributed by atoms with Crippen LogP contribution >= 0.6 is 15.9 Å². The molecule has 1 aromatic rings. The summed E-state index contributed by atoms with van der Waals surface area (Å²) < 4.78 is 5.18. The molecule has 0 aliphatic carbocycles. The van der Waals surface area contributed by atoms with Gasteiger partial charge in [0.1, 0.15) is 4.60 Å². The lowest BCUT2D eigenvalue weighted by molar-refractivity contribution is 0.168. The molecule has 0 spiro atoms. The van der Waals surface area contributed by atoms with Crippen LogP contribution in [0.25, 0.3) is 0 Å². The molecule has 0 fully saturated rings. The lowest BCUT2D eigenvalue weighted by Crippen LogP contribution is -2.37. The van der Waals surface area contributed by atoms with Crippen LogP contribution in [-0.4, -0.2) is 35.8 Å². The van der Waals surface area contributed by atoms with E-state index in [9.17, 15) is 4.79 Å². The van der Waals surface area contributed by atoms with Crippen LogP contribution in [0, 0.1) is 0 Å². The van der Waals surface area contributed by atoms with Crippen LogP contribution in [0.1, 0.15) is 6.92 Å². The summed E-state index contributed by atoms with van der Waals surface area (Å²) in [5.74, 6) is 0.507. The molecule has 7 heteroatoms. The predicted octanol–water partition coefficient (Wildman–Crippen LogP) is 1.40. The summed E-state index contributed by atoms with van der Waals surface area (Å²) >= 11 is 3.24. The number of halogens is 1. The number of hydrogen-bond donors (Lipinski definition) is 2. The minimum Gasteiger partial charge on any atom is -0.453 e. The Hall–Kier alpha value is -1.37. The smallest absolute Gasteiger partial charge is 0.407 e. The Kier molecular flexibility index (Phi) is 4.97. The van der Waals surface area contributed by atoms with Crippen molar-refractivity contribution in [3.8, 4) is 0 Å². The molecule has 0 bridgehead atoms. The number of carbonyl (C=O) groups is 1. The highest BCUT2D eigenvalue weighted by Gasteiger charge is 2.06. The van der Waals surface area contributed by atoms with E-state index < -0.39 is 6.09 Å². The lowest BCUT2D eigenvalue weighted by atomic mass is 10.3. The summed E-state index contributed by atoms with van der Waals surface area (Å²) in [6, 6.07) is 1.66. The van der Waals surface area contributed by atoms with Crippen molar-refractivity contribution in [2.75, 3.05) is 19.0 Å². The van der Waals surface area contributed by atoms with E-state index in [0.717, 1.165) is 0 Å². The van der Waals surface area contributed by atoms with E-state index in [4.69, 9.17) is 0 Å². The molecule has 0 unspecified atom stereocenters. The Morgan fingerprint density at radius 2 is 2.44 bits per heavy atom. The molecule has 0 aromatic carbocycles. The van der Waals surface area contributed by atoms with E-state index in [1.165, 1.54) is 7.11 Å². The fourth-order valence-corrected chi connectivity index (χ4v) is 1.26. The normalized spacial score (nSPS) is 11.7. The topological polar surface area (TPSA) is 76.1 Å². The van der Waals surface area contributed by atoms with Gasteiger partial charge in [0.15, 0.2) is 0 Å². The predicted molar refractivity (Wildman–Crippen MR) is 63.2 cm³/mol. The third-order valence-corrected chi connectivity index (χ3v) is 2.18. The molecule has 2 N–H and O–H groups in total. The van der Waals surface area contributed by atoms with Gasteiger partial charge in [0.25, 0.3) is 0 Å². The lowest BCUT2D eigenvalue weighted by Gasteiger charge is -2.13. The van der Waals surface area contributed by atoms with Crippen LogP contribution in [-0.2, 0) is 4.74 Å². The van der Waals surface area contributed by atoms with Crippen molar-refractivity contribution < 1.29 is 9.53 Å². The van der Waals surface area contributed by atoms with Crippen LogP contribution in [0.3, 0.4) is 0 Å². The van der Waals surface area contributed by atoms with Gasteiger partial charge < -0.3 is 15.4 Å². The maximum atomic E-state index is 10.9. The van der Waals surface area contributed by atoms with E-state index >= 15 is 0 Å². The first-order valence-corrected chi connectivity index (χ1v) is 5.48. The first-order valence-electron chi connectivity index (χ1n) is 4.68. The van der Waals surface area contributed by atoms with E-state index in [1.54, 1.807) is 12.3 Å². The van der Waals surface area contributed by atoms with Gasteiger partial charge in [-0.2, -0.15) is 0 Å². The monoisotopic (exact) mass is 288 g/mol. The fraction of sp³-hybridized carbons (Fsp3) is 0.444. The first kappa shape index (κ1) is 12.7. The SMILES string of the molecule is COC(=O)N[C@@H](C)CNc1nccc(Br)n1. The third-order valence-electron chi connectivity index (χ3n) is 1.74. The molecule has 1 atom stereocenters. The van der Waals surface area contributed by atoms with Crippen molar-refractivity contribution in [1.29, 1.82) is 0 Å². The minimum atomic E-state index is -0.454. The minimum absolute atomic E-state index is 0.0740. The molecule has 6 nitrogen and oxygen atoms in total. The van der Waals surface area contributed by atoms with E-state index in [0.29, 0.717) is 17.1 Å². The number of nitrogens with one attached hydrogen (secondary N) is 2. The summed E-state index contributed by atoms with van der Waals surface area (Å²) in [5, 5.41) is 5.62. The zero-order valence-electron chi connectivity index (χ0n) is 9.03. The van der Waals surface area contributed by atoms with Gasteiger partial charge in [-0.3, -0.25) is 0 Å². The average Bonchev–Trinajstić information content (AvgIpc) is 2.26. The van der Waals surface area contributed by atoms with Gasteiger partial charge in [0.05, 0.1) is 7.11 Å². The largest absolute Gasteiger partial charge is 0.453 e. The number of methoxy groups -OCH3 is 1. The quantitative estimate of drug-likeness (QED) is 0.819. The molecule has 1 heterocycles. The Bertz CT molecular complexity index is 361. The summed E-state index contributed by atoms with van der Waals surface area (Å²) in [4.78, 5) is 19.0. The highest BCUT2D eigenvalue weighted by atomic mass is 79.9. The van der Waals surface area contributed by atoms with Crippen molar-refractivity contribution in [1.82, 2.24) is 15.3 Å². The number of hydrogen-bond acceptors (Lipinski definition) is 5. The Balaban J connectivity index is 2.37. The molecule has 1 rings (SSSR count). The van der Waals surface area contributed by atoms with Crippen LogP contribution in [0.15, 0.2) is 16.9 Å². The third kappa shape index (κ3) is 4.43. The zero-order valence-corrected chi connectivity index (χ0v) is 10.6. The Labute approximate surface area is 102 Å². The number of anilines is 1. The number of ether oxygens (including phenoxy) is 1. The van der Waals surface area contributed by atoms with E-state index in [2.05, 4.69) is 41.3 Å². The fourth-order valence-electron chi connectivity index (χ4n) is 0.977. The second-order valence-corrected chi connectivity index (χ2v) is 3.93. The van der Waals surface area contributed by atoms with Crippen molar-refractivity contribution in [2.24, 2.45) is 0 Å². The highest BCUT2D eigenvalue weighted by molar-refractivity contribution is 9.10. The summed E-state index contributed by atoms with van der Waals surface area (Å²) in [6.07, 6.45) is 1.18. The molecule has 1 amide bonds. The summed E-state index contributed by atoms with van der Waals surface area (Å²) in [7, 11) is 1.33. The van der Waals surface area contributed by atoms with Crippen LogP contribution in [0.4, 0.5) is 10.7 Å². The second-order valence-electron chi connectivity index (χ2n) is 3.12. The number of carbonyl (C=O) groups excluding carboxylic acids is 1. The molecule has 0 radical (unpaired) electrons. The Morgan fingerprint density at radius 1 is 1.69 bits per heavy atom. The maximum absolute atomic E-state index is 10.9. The summed E-state index contributed by atoms with van der Waals surface area (Å²) in [6.45, 7) is 2.37. The van der Waals surface area contributed by atoms with Crippen LogP contribution in [0.2, 0.25) is 0 Å². The average molecular weight is 289 g/mol. The molecule has 1 aromatic heterocycles. The zero-order chi connectivity index (χ0) is 12.0. The Morgan fingerprint density at radius 3 is 3.06 bits per heavy atom. The molecule has 88 valence electrons. The first-order chi connectivity index (χ1) is 7.61. The molecule has 0 saturated heterocycles. The molecular weight excluding hydrogens is 276 g/mol. The maximum Gasteiger partial charge on any atom is 0.407 e. The van der Waals surface area contributed by atoms with Crippen LogP contribution < -0.4 is 10.6 Å². The van der Waals surface area contributed by atoms with Gasteiger partial charge >= 0.3 is 6.09 Å². The van der Waals surface area contributed by atoms with Gasteiger partial charge in [-0.25, -0.2) is 14.8 Å². The molecule has 0 aliphatic heterocycles. The second kappa shape index (κ2) is 6.26. The molecule has 0 aliphatic rings. The van der Waals surface area contributed by atoms with Crippen LogP contribution in [0.5, 0.6) is 0 Å². The van der Waals surface area contributed by atoms with Gasteiger partial charge in [0.2, 0.25) is 5.95 Å². The van der Waals surface area contributed by atoms with Gasteiger partial charge in [-0.1, -0.05) is 0 Å². The number of alkyl carbamates (subject to hydrolysis) is 1. The number of amides is 1. The van der Waals surface area contributed by atoms with Crippen molar-refractivity contribution >= 4 is 28.0 Å².